The van der Waals surface area contributed by atoms with Crippen molar-refractivity contribution in [3.8, 4) is 0 Å². The highest BCUT2D eigenvalue weighted by Crippen LogP contribution is 2.38. The van der Waals surface area contributed by atoms with E-state index in [-0.39, 0.29) is 21.0 Å². The first-order valence-corrected chi connectivity index (χ1v) is 6.78. The summed E-state index contributed by atoms with van der Waals surface area (Å²) in [4.78, 5) is 0.0930. The number of benzene rings is 1. The Morgan fingerprint density at radius 3 is 2.62 bits per heavy atom. The zero-order valence-electron chi connectivity index (χ0n) is 8.66. The van der Waals surface area contributed by atoms with Crippen molar-refractivity contribution < 1.29 is 8.42 Å². The van der Waals surface area contributed by atoms with Gasteiger partial charge in [-0.3, -0.25) is 0 Å². The highest BCUT2D eigenvalue weighted by molar-refractivity contribution is 7.89. The molecule has 1 aliphatic rings. The maximum absolute atomic E-state index is 12.0. The Bertz CT molecular complexity index is 545. The van der Waals surface area contributed by atoms with E-state index in [0.717, 1.165) is 4.41 Å². The van der Waals surface area contributed by atoms with Gasteiger partial charge in [-0.25, -0.2) is 13.8 Å². The summed E-state index contributed by atoms with van der Waals surface area (Å²) in [5, 5.41) is 0.325. The van der Waals surface area contributed by atoms with E-state index in [4.69, 9.17) is 23.2 Å². The van der Waals surface area contributed by atoms with Crippen LogP contribution in [0.3, 0.4) is 0 Å². The van der Waals surface area contributed by atoms with E-state index in [1.54, 1.807) is 12.1 Å². The standard InChI is InChI=1S/C9H10Cl2N2O2S/c1-5-6-3-4-7(10)8(11)9(6)16(14,15)13(2)12-5/h3-5,12H,1-2H3. The second kappa shape index (κ2) is 3.85. The fourth-order valence-electron chi connectivity index (χ4n) is 1.70. The van der Waals surface area contributed by atoms with Gasteiger partial charge in [0.2, 0.25) is 0 Å². The van der Waals surface area contributed by atoms with Crippen LogP contribution in [-0.4, -0.2) is 19.9 Å². The van der Waals surface area contributed by atoms with Crippen LogP contribution in [-0.2, 0) is 10.0 Å². The average Bonchev–Trinajstić information content (AvgIpc) is 2.19. The molecule has 0 amide bonds. The summed E-state index contributed by atoms with van der Waals surface area (Å²) >= 11 is 11.8. The molecule has 88 valence electrons. The maximum Gasteiger partial charge on any atom is 0.257 e. The van der Waals surface area contributed by atoms with Crippen molar-refractivity contribution in [2.24, 2.45) is 0 Å². The minimum Gasteiger partial charge on any atom is -0.234 e. The van der Waals surface area contributed by atoms with E-state index in [9.17, 15) is 8.42 Å². The highest BCUT2D eigenvalue weighted by atomic mass is 35.5. The Hall–Kier alpha value is -0.330. The minimum atomic E-state index is -3.60. The molecule has 0 fully saturated rings. The summed E-state index contributed by atoms with van der Waals surface area (Å²) in [6.45, 7) is 1.86. The van der Waals surface area contributed by atoms with Gasteiger partial charge in [0.05, 0.1) is 10.0 Å². The van der Waals surface area contributed by atoms with Crippen molar-refractivity contribution in [2.75, 3.05) is 7.05 Å². The van der Waals surface area contributed by atoms with Crippen LogP contribution in [0.5, 0.6) is 0 Å². The molecule has 1 aromatic carbocycles. The first-order valence-electron chi connectivity index (χ1n) is 4.58. The molecule has 4 nitrogen and oxygen atoms in total. The van der Waals surface area contributed by atoms with Gasteiger partial charge in [0.1, 0.15) is 4.90 Å². The van der Waals surface area contributed by atoms with E-state index in [1.807, 2.05) is 6.92 Å². The molecule has 0 radical (unpaired) electrons. The summed E-state index contributed by atoms with van der Waals surface area (Å²) in [5.74, 6) is 0. The number of nitrogens with one attached hydrogen (secondary N) is 1. The quantitative estimate of drug-likeness (QED) is 0.793. The molecule has 0 bridgehead atoms. The van der Waals surface area contributed by atoms with Crippen molar-refractivity contribution >= 4 is 33.2 Å². The number of hydrogen-bond donors (Lipinski definition) is 1. The Morgan fingerprint density at radius 1 is 1.38 bits per heavy atom. The number of hydrazine groups is 1. The van der Waals surface area contributed by atoms with Crippen LogP contribution >= 0.6 is 23.2 Å². The SMILES string of the molecule is CC1NN(C)S(=O)(=O)c2c1ccc(Cl)c2Cl. The van der Waals surface area contributed by atoms with Crippen molar-refractivity contribution in [1.29, 1.82) is 0 Å². The summed E-state index contributed by atoms with van der Waals surface area (Å²) in [5.41, 5.74) is 3.45. The molecular weight excluding hydrogens is 271 g/mol. The summed E-state index contributed by atoms with van der Waals surface area (Å²) < 4.78 is 25.1. The molecule has 0 spiro atoms. The van der Waals surface area contributed by atoms with Crippen molar-refractivity contribution in [1.82, 2.24) is 9.84 Å². The lowest BCUT2D eigenvalue weighted by Crippen LogP contribution is -2.45. The summed E-state index contributed by atoms with van der Waals surface area (Å²) in [6, 6.07) is 3.14. The van der Waals surface area contributed by atoms with Crippen molar-refractivity contribution in [3.63, 3.8) is 0 Å². The summed E-state index contributed by atoms with van der Waals surface area (Å²) in [6.07, 6.45) is 0. The molecule has 0 saturated heterocycles. The molecular formula is C9H10Cl2N2O2S. The van der Waals surface area contributed by atoms with Crippen LogP contribution in [0.2, 0.25) is 10.0 Å². The number of hydrogen-bond acceptors (Lipinski definition) is 3. The van der Waals surface area contributed by atoms with Gasteiger partial charge >= 0.3 is 0 Å². The molecule has 0 aromatic heterocycles. The number of nitrogens with zero attached hydrogens (tertiary/aromatic N) is 1. The molecule has 0 saturated carbocycles. The van der Waals surface area contributed by atoms with E-state index < -0.39 is 10.0 Å². The van der Waals surface area contributed by atoms with Crippen molar-refractivity contribution in [2.45, 2.75) is 17.9 Å². The van der Waals surface area contributed by atoms with Gasteiger partial charge in [0.15, 0.2) is 0 Å². The molecule has 1 unspecified atom stereocenters. The van der Waals surface area contributed by atoms with Crippen LogP contribution in [0.4, 0.5) is 0 Å². The number of fused-ring (bicyclic) bond motifs is 1. The van der Waals surface area contributed by atoms with Crippen molar-refractivity contribution in [3.05, 3.63) is 27.7 Å². The van der Waals surface area contributed by atoms with Crippen LogP contribution in [0.25, 0.3) is 0 Å². The smallest absolute Gasteiger partial charge is 0.234 e. The number of sulfonamides is 1. The van der Waals surface area contributed by atoms with Gasteiger partial charge in [-0.15, -0.1) is 4.41 Å². The molecule has 7 heteroatoms. The summed E-state index contributed by atoms with van der Waals surface area (Å²) in [7, 11) is -2.16. The molecule has 1 heterocycles. The van der Waals surface area contributed by atoms with Gasteiger partial charge in [-0.1, -0.05) is 29.3 Å². The van der Waals surface area contributed by atoms with Gasteiger partial charge in [0, 0.05) is 13.1 Å². The zero-order valence-corrected chi connectivity index (χ0v) is 11.0. The first kappa shape index (κ1) is 12.1. The second-order valence-corrected chi connectivity index (χ2v) is 6.29. The lowest BCUT2D eigenvalue weighted by Gasteiger charge is -2.31. The predicted octanol–water partition coefficient (Wildman–Crippen LogP) is 2.19. The Kier molecular flexibility index (Phi) is 2.92. The van der Waals surface area contributed by atoms with Gasteiger partial charge in [0.25, 0.3) is 10.0 Å². The fourth-order valence-corrected chi connectivity index (χ4v) is 3.83. The van der Waals surface area contributed by atoms with E-state index in [0.29, 0.717) is 5.56 Å². The molecule has 1 aliphatic heterocycles. The van der Waals surface area contributed by atoms with E-state index in [1.165, 1.54) is 7.05 Å². The number of halogens is 2. The third-order valence-corrected chi connectivity index (χ3v) is 5.24. The van der Waals surface area contributed by atoms with Gasteiger partial charge in [-0.2, -0.15) is 0 Å². The third kappa shape index (κ3) is 1.63. The molecule has 0 aliphatic carbocycles. The molecule has 2 rings (SSSR count). The first-order chi connectivity index (χ1) is 7.35. The molecule has 1 aromatic rings. The third-order valence-electron chi connectivity index (χ3n) is 2.54. The predicted molar refractivity (Wildman–Crippen MR) is 63.0 cm³/mol. The Balaban J connectivity index is 2.82. The molecule has 1 N–H and O–H groups in total. The molecule has 1 atom stereocenters. The van der Waals surface area contributed by atoms with E-state index >= 15 is 0 Å². The average molecular weight is 281 g/mol. The van der Waals surface area contributed by atoms with Gasteiger partial charge in [-0.05, 0) is 18.6 Å². The maximum atomic E-state index is 12.0. The molecule has 16 heavy (non-hydrogen) atoms. The fraction of sp³-hybridized carbons (Fsp3) is 0.333. The lowest BCUT2D eigenvalue weighted by molar-refractivity contribution is 0.308. The van der Waals surface area contributed by atoms with E-state index in [2.05, 4.69) is 5.43 Å². The largest absolute Gasteiger partial charge is 0.257 e. The van der Waals surface area contributed by atoms with Crippen LogP contribution in [0.15, 0.2) is 17.0 Å². The van der Waals surface area contributed by atoms with Gasteiger partial charge < -0.3 is 0 Å². The highest BCUT2D eigenvalue weighted by Gasteiger charge is 2.35. The van der Waals surface area contributed by atoms with Crippen LogP contribution in [0, 0.1) is 0 Å². The monoisotopic (exact) mass is 280 g/mol. The zero-order chi connectivity index (χ0) is 12.1. The normalized spacial score (nSPS) is 24.1. The number of rotatable bonds is 0. The lowest BCUT2D eigenvalue weighted by atomic mass is 10.1. The Labute approximate surface area is 104 Å². The van der Waals surface area contributed by atoms with Crippen LogP contribution < -0.4 is 5.43 Å². The second-order valence-electron chi connectivity index (χ2n) is 3.60. The topological polar surface area (TPSA) is 49.4 Å². The minimum absolute atomic E-state index is 0.0827. The van der Waals surface area contributed by atoms with Crippen LogP contribution in [0.1, 0.15) is 18.5 Å². The Morgan fingerprint density at radius 2 is 2.00 bits per heavy atom.